The number of hydrogen-bond donors (Lipinski definition) is 2. The summed E-state index contributed by atoms with van der Waals surface area (Å²) >= 11 is 0. The highest BCUT2D eigenvalue weighted by molar-refractivity contribution is 5.68. The maximum absolute atomic E-state index is 11.9. The molecule has 1 aromatic rings. The van der Waals surface area contributed by atoms with Crippen molar-refractivity contribution < 1.29 is 14.3 Å². The fraction of sp³-hybridized carbons (Fsp3) is 0.588. The minimum absolute atomic E-state index is 0.0350. The smallest absolute Gasteiger partial charge is 0.407 e. The quantitative estimate of drug-likeness (QED) is 0.898. The molecule has 1 amide bonds. The van der Waals surface area contributed by atoms with Gasteiger partial charge in [0, 0.05) is 19.0 Å². The average Bonchev–Trinajstić information content (AvgIpc) is 2.86. The summed E-state index contributed by atoms with van der Waals surface area (Å²) in [6.07, 6.45) is -0.364. The van der Waals surface area contributed by atoms with Crippen LogP contribution in [0.3, 0.4) is 0 Å². The van der Waals surface area contributed by atoms with Gasteiger partial charge >= 0.3 is 6.09 Å². The molecule has 1 fully saturated rings. The van der Waals surface area contributed by atoms with Crippen molar-refractivity contribution in [2.24, 2.45) is 0 Å². The van der Waals surface area contributed by atoms with E-state index in [1.54, 1.807) is 0 Å². The summed E-state index contributed by atoms with van der Waals surface area (Å²) in [5.41, 5.74) is 0.708. The Balaban J connectivity index is 1.99. The van der Waals surface area contributed by atoms with Crippen molar-refractivity contribution in [1.82, 2.24) is 10.6 Å². The molecule has 1 aliphatic rings. The van der Waals surface area contributed by atoms with E-state index in [1.165, 1.54) is 5.56 Å². The van der Waals surface area contributed by atoms with Crippen LogP contribution in [-0.4, -0.2) is 37.4 Å². The largest absolute Gasteiger partial charge is 0.494 e. The third kappa shape index (κ3) is 4.63. The Labute approximate surface area is 132 Å². The number of ether oxygens (including phenoxy) is 2. The maximum Gasteiger partial charge on any atom is 0.407 e. The van der Waals surface area contributed by atoms with Crippen molar-refractivity contribution in [2.45, 2.75) is 45.3 Å². The molecular formula is C17H26N2O3. The van der Waals surface area contributed by atoms with Gasteiger partial charge in [-0.2, -0.15) is 0 Å². The monoisotopic (exact) mass is 306 g/mol. The van der Waals surface area contributed by atoms with Crippen molar-refractivity contribution in [2.75, 3.05) is 19.7 Å². The molecule has 0 aliphatic carbocycles. The summed E-state index contributed by atoms with van der Waals surface area (Å²) in [7, 11) is 0. The topological polar surface area (TPSA) is 59.6 Å². The number of nitrogens with one attached hydrogen (secondary N) is 2. The van der Waals surface area contributed by atoms with Crippen molar-refractivity contribution in [3.05, 3.63) is 29.8 Å². The molecule has 5 heteroatoms. The Kier molecular flexibility index (Phi) is 5.29. The maximum atomic E-state index is 11.9. The van der Waals surface area contributed by atoms with Gasteiger partial charge in [0.15, 0.2) is 0 Å². The highest BCUT2D eigenvalue weighted by Crippen LogP contribution is 2.25. The summed E-state index contributed by atoms with van der Waals surface area (Å²) in [4.78, 5) is 11.9. The third-order valence-corrected chi connectivity index (χ3v) is 3.54. The van der Waals surface area contributed by atoms with Crippen LogP contribution in [-0.2, 0) is 4.74 Å². The van der Waals surface area contributed by atoms with E-state index in [-0.39, 0.29) is 18.1 Å². The molecule has 122 valence electrons. The first-order chi connectivity index (χ1) is 10.4. The molecule has 1 aliphatic heterocycles. The van der Waals surface area contributed by atoms with Gasteiger partial charge in [0.25, 0.3) is 0 Å². The van der Waals surface area contributed by atoms with Crippen molar-refractivity contribution in [1.29, 1.82) is 0 Å². The van der Waals surface area contributed by atoms with Crippen LogP contribution in [0.2, 0.25) is 0 Å². The number of benzene rings is 1. The Morgan fingerprint density at radius 3 is 2.55 bits per heavy atom. The molecule has 1 heterocycles. The first-order valence-electron chi connectivity index (χ1n) is 7.82. The van der Waals surface area contributed by atoms with E-state index in [2.05, 4.69) is 22.8 Å². The zero-order valence-corrected chi connectivity index (χ0v) is 13.8. The molecule has 0 bridgehead atoms. The summed E-state index contributed by atoms with van der Waals surface area (Å²) in [6, 6.07) is 8.11. The lowest BCUT2D eigenvalue weighted by Gasteiger charge is -2.24. The molecule has 0 saturated carbocycles. The van der Waals surface area contributed by atoms with Crippen molar-refractivity contribution in [3.8, 4) is 5.75 Å². The highest BCUT2D eigenvalue weighted by Gasteiger charge is 2.31. The number of hydrogen-bond acceptors (Lipinski definition) is 4. The summed E-state index contributed by atoms with van der Waals surface area (Å²) in [6.45, 7) is 9.81. The van der Waals surface area contributed by atoms with Gasteiger partial charge in [0.1, 0.15) is 11.4 Å². The van der Waals surface area contributed by atoms with E-state index in [0.717, 1.165) is 18.8 Å². The predicted molar refractivity (Wildman–Crippen MR) is 86.4 cm³/mol. The number of amides is 1. The van der Waals surface area contributed by atoms with Crippen LogP contribution in [0.4, 0.5) is 4.79 Å². The van der Waals surface area contributed by atoms with E-state index in [4.69, 9.17) is 9.47 Å². The molecule has 5 nitrogen and oxygen atoms in total. The molecule has 2 unspecified atom stereocenters. The first-order valence-corrected chi connectivity index (χ1v) is 7.82. The fourth-order valence-electron chi connectivity index (χ4n) is 2.62. The van der Waals surface area contributed by atoms with E-state index in [9.17, 15) is 4.79 Å². The SMILES string of the molecule is CCOc1ccc(C2CNCC2NC(=O)OC(C)(C)C)cc1. The fourth-order valence-corrected chi connectivity index (χ4v) is 2.62. The van der Waals surface area contributed by atoms with Gasteiger partial charge in [-0.25, -0.2) is 4.79 Å². The predicted octanol–water partition coefficient (Wildman–Crippen LogP) is 2.67. The minimum atomic E-state index is -0.481. The van der Waals surface area contributed by atoms with Gasteiger partial charge in [-0.3, -0.25) is 0 Å². The van der Waals surface area contributed by atoms with Crippen LogP contribution < -0.4 is 15.4 Å². The van der Waals surface area contributed by atoms with Gasteiger partial charge in [0.2, 0.25) is 0 Å². The van der Waals surface area contributed by atoms with Crippen LogP contribution in [0, 0.1) is 0 Å². The second kappa shape index (κ2) is 7.01. The van der Waals surface area contributed by atoms with E-state index in [1.807, 2.05) is 39.8 Å². The van der Waals surface area contributed by atoms with Crippen molar-refractivity contribution in [3.63, 3.8) is 0 Å². The Hall–Kier alpha value is -1.75. The summed E-state index contributed by atoms with van der Waals surface area (Å²) < 4.78 is 10.8. The van der Waals surface area contributed by atoms with Gasteiger partial charge in [-0.1, -0.05) is 12.1 Å². The second-order valence-electron chi connectivity index (χ2n) is 6.52. The van der Waals surface area contributed by atoms with E-state index >= 15 is 0 Å². The lowest BCUT2D eigenvalue weighted by atomic mass is 9.94. The number of carbonyl (C=O) groups excluding carboxylic acids is 1. The number of alkyl carbamates (subject to hydrolysis) is 1. The number of rotatable bonds is 4. The van der Waals surface area contributed by atoms with Crippen LogP contribution in [0.1, 0.15) is 39.2 Å². The third-order valence-electron chi connectivity index (χ3n) is 3.54. The minimum Gasteiger partial charge on any atom is -0.494 e. The molecular weight excluding hydrogens is 280 g/mol. The molecule has 2 atom stereocenters. The number of carbonyl (C=O) groups is 1. The Bertz CT molecular complexity index is 494. The zero-order valence-electron chi connectivity index (χ0n) is 13.8. The van der Waals surface area contributed by atoms with Crippen LogP contribution >= 0.6 is 0 Å². The highest BCUT2D eigenvalue weighted by atomic mass is 16.6. The Morgan fingerprint density at radius 1 is 1.27 bits per heavy atom. The lowest BCUT2D eigenvalue weighted by Crippen LogP contribution is -2.42. The molecule has 1 saturated heterocycles. The molecule has 2 rings (SSSR count). The van der Waals surface area contributed by atoms with Crippen molar-refractivity contribution >= 4 is 6.09 Å². The van der Waals surface area contributed by atoms with E-state index < -0.39 is 5.60 Å². The van der Waals surface area contributed by atoms with Gasteiger partial charge in [-0.15, -0.1) is 0 Å². The summed E-state index contributed by atoms with van der Waals surface area (Å²) in [5.74, 6) is 1.11. The normalized spacial score (nSPS) is 21.5. The second-order valence-corrected chi connectivity index (χ2v) is 6.52. The van der Waals surface area contributed by atoms with Crippen LogP contribution in [0.5, 0.6) is 5.75 Å². The lowest BCUT2D eigenvalue weighted by molar-refractivity contribution is 0.0504. The molecule has 0 radical (unpaired) electrons. The molecule has 0 aromatic heterocycles. The van der Waals surface area contributed by atoms with E-state index in [0.29, 0.717) is 6.61 Å². The van der Waals surface area contributed by atoms with Gasteiger partial charge in [-0.05, 0) is 45.4 Å². The molecule has 22 heavy (non-hydrogen) atoms. The van der Waals surface area contributed by atoms with Gasteiger partial charge < -0.3 is 20.1 Å². The molecule has 0 spiro atoms. The zero-order chi connectivity index (χ0) is 16.2. The van der Waals surface area contributed by atoms with Crippen LogP contribution in [0.15, 0.2) is 24.3 Å². The van der Waals surface area contributed by atoms with Gasteiger partial charge in [0.05, 0.1) is 12.6 Å². The molecule has 1 aromatic carbocycles. The standard InChI is InChI=1S/C17H26N2O3/c1-5-21-13-8-6-12(7-9-13)14-10-18-11-15(14)19-16(20)22-17(2,3)4/h6-9,14-15,18H,5,10-11H2,1-4H3,(H,19,20). The van der Waals surface area contributed by atoms with Crippen LogP contribution in [0.25, 0.3) is 0 Å². The molecule has 2 N–H and O–H groups in total. The average molecular weight is 306 g/mol. The first kappa shape index (κ1) is 16.6. The Morgan fingerprint density at radius 2 is 1.95 bits per heavy atom. The summed E-state index contributed by atoms with van der Waals surface area (Å²) in [5, 5.41) is 6.30.